The van der Waals surface area contributed by atoms with Gasteiger partial charge in [0.2, 0.25) is 5.91 Å². The Morgan fingerprint density at radius 3 is 2.80 bits per heavy atom. The second-order valence-electron chi connectivity index (χ2n) is 4.28. The van der Waals surface area contributed by atoms with Crippen molar-refractivity contribution in [1.29, 1.82) is 0 Å². The minimum Gasteiger partial charge on any atom is -0.387 e. The van der Waals surface area contributed by atoms with Gasteiger partial charge < -0.3 is 10.4 Å². The first-order valence-electron chi connectivity index (χ1n) is 6.18. The minimum absolute atomic E-state index is 0.145. The number of carbonyl (C=O) groups is 1. The fourth-order valence-electron chi connectivity index (χ4n) is 1.67. The van der Waals surface area contributed by atoms with Gasteiger partial charge in [-0.1, -0.05) is 23.7 Å². The summed E-state index contributed by atoms with van der Waals surface area (Å²) in [5.41, 5.74) is 0.714. The van der Waals surface area contributed by atoms with E-state index in [9.17, 15) is 9.90 Å². The average molecular weight is 295 g/mol. The van der Waals surface area contributed by atoms with Gasteiger partial charge in [-0.05, 0) is 17.7 Å². The normalized spacial score (nSPS) is 12.1. The van der Waals surface area contributed by atoms with Crippen molar-refractivity contribution in [3.8, 4) is 0 Å². The molecular weight excluding hydrogens is 280 g/mol. The van der Waals surface area contributed by atoms with Crippen LogP contribution in [-0.4, -0.2) is 32.3 Å². The minimum atomic E-state index is -0.748. The molecule has 1 amide bonds. The number of benzene rings is 1. The second kappa shape index (κ2) is 7.02. The number of aryl methyl sites for hydroxylation is 1. The van der Waals surface area contributed by atoms with Gasteiger partial charge in [-0.25, -0.2) is 4.98 Å². The lowest BCUT2D eigenvalue weighted by Gasteiger charge is -2.12. The Bertz CT molecular complexity index is 542. The van der Waals surface area contributed by atoms with Crippen LogP contribution in [0.25, 0.3) is 0 Å². The van der Waals surface area contributed by atoms with Crippen molar-refractivity contribution in [2.45, 2.75) is 19.1 Å². The molecule has 1 heterocycles. The number of aromatic nitrogens is 3. The highest BCUT2D eigenvalue weighted by Gasteiger charge is 2.09. The van der Waals surface area contributed by atoms with Crippen molar-refractivity contribution in [2.24, 2.45) is 0 Å². The lowest BCUT2D eigenvalue weighted by Crippen LogP contribution is -2.29. The maximum atomic E-state index is 11.6. The molecule has 0 aliphatic heterocycles. The zero-order valence-electron chi connectivity index (χ0n) is 10.7. The maximum Gasteiger partial charge on any atom is 0.221 e. The standard InChI is InChI=1S/C13H15ClN4O2/c14-11-3-1-10(2-4-11)12(19)7-16-13(20)5-6-18-9-15-8-17-18/h1-4,8-9,12,19H,5-7H2,(H,16,20). The topological polar surface area (TPSA) is 80.0 Å². The van der Waals surface area contributed by atoms with Crippen LogP contribution in [-0.2, 0) is 11.3 Å². The summed E-state index contributed by atoms with van der Waals surface area (Å²) in [6, 6.07) is 6.86. The number of aliphatic hydroxyl groups excluding tert-OH is 1. The Balaban J connectivity index is 1.73. The third kappa shape index (κ3) is 4.32. The Morgan fingerprint density at radius 2 is 2.15 bits per heavy atom. The first kappa shape index (κ1) is 14.5. The largest absolute Gasteiger partial charge is 0.387 e. The zero-order valence-corrected chi connectivity index (χ0v) is 11.5. The quantitative estimate of drug-likeness (QED) is 0.838. The summed E-state index contributed by atoms with van der Waals surface area (Å²) in [6.07, 6.45) is 2.51. The molecule has 20 heavy (non-hydrogen) atoms. The Morgan fingerprint density at radius 1 is 1.40 bits per heavy atom. The molecule has 0 aliphatic rings. The van der Waals surface area contributed by atoms with Gasteiger partial charge in [0.25, 0.3) is 0 Å². The summed E-state index contributed by atoms with van der Waals surface area (Å²) in [5.74, 6) is -0.145. The number of rotatable bonds is 6. The predicted molar refractivity (Wildman–Crippen MR) is 74.1 cm³/mol. The first-order chi connectivity index (χ1) is 9.65. The molecule has 1 aromatic carbocycles. The van der Waals surface area contributed by atoms with Gasteiger partial charge in [0.1, 0.15) is 12.7 Å². The van der Waals surface area contributed by atoms with Crippen LogP contribution in [0.3, 0.4) is 0 Å². The molecule has 2 rings (SSSR count). The van der Waals surface area contributed by atoms with Gasteiger partial charge in [0, 0.05) is 18.0 Å². The molecule has 2 aromatic rings. The molecule has 1 aromatic heterocycles. The lowest BCUT2D eigenvalue weighted by atomic mass is 10.1. The molecular formula is C13H15ClN4O2. The van der Waals surface area contributed by atoms with Gasteiger partial charge in [0.05, 0.1) is 12.6 Å². The third-order valence-corrected chi connectivity index (χ3v) is 3.03. The van der Waals surface area contributed by atoms with E-state index in [1.54, 1.807) is 35.3 Å². The van der Waals surface area contributed by atoms with Crippen LogP contribution in [0.4, 0.5) is 0 Å². The summed E-state index contributed by atoms with van der Waals surface area (Å²) in [7, 11) is 0. The van der Waals surface area contributed by atoms with Gasteiger partial charge in [-0.3, -0.25) is 9.48 Å². The molecule has 2 N–H and O–H groups in total. The van der Waals surface area contributed by atoms with Crippen molar-refractivity contribution in [3.63, 3.8) is 0 Å². The molecule has 1 unspecified atom stereocenters. The van der Waals surface area contributed by atoms with E-state index in [4.69, 9.17) is 11.6 Å². The van der Waals surface area contributed by atoms with Crippen LogP contribution in [0.1, 0.15) is 18.1 Å². The number of amides is 1. The van der Waals surface area contributed by atoms with Crippen molar-refractivity contribution < 1.29 is 9.90 Å². The Hall–Kier alpha value is -1.92. The van der Waals surface area contributed by atoms with Crippen LogP contribution in [0, 0.1) is 0 Å². The Labute approximate surface area is 121 Å². The number of nitrogens with zero attached hydrogens (tertiary/aromatic N) is 3. The molecule has 6 nitrogen and oxygen atoms in total. The molecule has 1 atom stereocenters. The lowest BCUT2D eigenvalue weighted by molar-refractivity contribution is -0.121. The molecule has 106 valence electrons. The highest BCUT2D eigenvalue weighted by molar-refractivity contribution is 6.30. The number of halogens is 1. The third-order valence-electron chi connectivity index (χ3n) is 2.78. The summed E-state index contributed by atoms with van der Waals surface area (Å²) >= 11 is 5.77. The van der Waals surface area contributed by atoms with Crippen LogP contribution in [0.2, 0.25) is 5.02 Å². The predicted octanol–water partition coefficient (Wildman–Crippen LogP) is 1.17. The van der Waals surface area contributed by atoms with Crippen LogP contribution in [0.5, 0.6) is 0 Å². The summed E-state index contributed by atoms with van der Waals surface area (Å²) in [5, 5.41) is 17.1. The van der Waals surface area contributed by atoms with E-state index in [0.717, 1.165) is 0 Å². The average Bonchev–Trinajstić information content (AvgIpc) is 2.96. The maximum absolute atomic E-state index is 11.6. The number of hydrogen-bond acceptors (Lipinski definition) is 4. The van der Waals surface area contributed by atoms with E-state index in [0.29, 0.717) is 17.1 Å². The Kier molecular flexibility index (Phi) is 5.09. The van der Waals surface area contributed by atoms with Crippen LogP contribution in [0.15, 0.2) is 36.9 Å². The molecule has 0 aliphatic carbocycles. The molecule has 0 saturated carbocycles. The van der Waals surface area contributed by atoms with Gasteiger partial charge in [-0.2, -0.15) is 5.10 Å². The number of nitrogens with one attached hydrogen (secondary N) is 1. The van der Waals surface area contributed by atoms with E-state index < -0.39 is 6.10 Å². The van der Waals surface area contributed by atoms with Gasteiger partial charge >= 0.3 is 0 Å². The van der Waals surface area contributed by atoms with E-state index in [-0.39, 0.29) is 18.9 Å². The van der Waals surface area contributed by atoms with E-state index >= 15 is 0 Å². The molecule has 0 spiro atoms. The fraction of sp³-hybridized carbons (Fsp3) is 0.308. The molecule has 0 bridgehead atoms. The SMILES string of the molecule is O=C(CCn1cncn1)NCC(O)c1ccc(Cl)cc1. The molecule has 0 fully saturated rings. The highest BCUT2D eigenvalue weighted by Crippen LogP contribution is 2.15. The van der Waals surface area contributed by atoms with E-state index in [1.807, 2.05) is 0 Å². The number of carbonyl (C=O) groups excluding carboxylic acids is 1. The molecule has 0 radical (unpaired) electrons. The van der Waals surface area contributed by atoms with E-state index in [2.05, 4.69) is 15.4 Å². The number of aliphatic hydroxyl groups is 1. The van der Waals surface area contributed by atoms with Crippen LogP contribution >= 0.6 is 11.6 Å². The highest BCUT2D eigenvalue weighted by atomic mass is 35.5. The smallest absolute Gasteiger partial charge is 0.221 e. The van der Waals surface area contributed by atoms with Crippen molar-refractivity contribution in [1.82, 2.24) is 20.1 Å². The van der Waals surface area contributed by atoms with E-state index in [1.165, 1.54) is 6.33 Å². The van der Waals surface area contributed by atoms with Crippen molar-refractivity contribution in [2.75, 3.05) is 6.54 Å². The van der Waals surface area contributed by atoms with Crippen molar-refractivity contribution >= 4 is 17.5 Å². The van der Waals surface area contributed by atoms with Crippen molar-refractivity contribution in [3.05, 3.63) is 47.5 Å². The molecule has 7 heteroatoms. The summed E-state index contributed by atoms with van der Waals surface area (Å²) < 4.78 is 1.58. The monoisotopic (exact) mass is 294 g/mol. The first-order valence-corrected chi connectivity index (χ1v) is 6.55. The second-order valence-corrected chi connectivity index (χ2v) is 4.72. The van der Waals surface area contributed by atoms with Gasteiger partial charge in [-0.15, -0.1) is 0 Å². The summed E-state index contributed by atoms with van der Waals surface area (Å²) in [4.78, 5) is 15.4. The number of hydrogen-bond donors (Lipinski definition) is 2. The molecule has 0 saturated heterocycles. The van der Waals surface area contributed by atoms with Crippen LogP contribution < -0.4 is 5.32 Å². The fourth-order valence-corrected chi connectivity index (χ4v) is 1.79. The van der Waals surface area contributed by atoms with Gasteiger partial charge in [0.15, 0.2) is 0 Å². The zero-order chi connectivity index (χ0) is 14.4. The summed E-state index contributed by atoms with van der Waals surface area (Å²) in [6.45, 7) is 0.626.